The number of methoxy groups -OCH3 is 1. The molecule has 0 bridgehead atoms. The third kappa shape index (κ3) is 2.07. The van der Waals surface area contributed by atoms with Crippen LogP contribution in [-0.2, 0) is 9.53 Å². The molecule has 0 unspecified atom stereocenters. The third-order valence-corrected chi connectivity index (χ3v) is 4.14. The Morgan fingerprint density at radius 2 is 2.40 bits per heavy atom. The largest absolute Gasteiger partial charge is 0.383 e. The fourth-order valence-electron chi connectivity index (χ4n) is 3.19. The highest BCUT2D eigenvalue weighted by molar-refractivity contribution is 5.93. The van der Waals surface area contributed by atoms with Gasteiger partial charge in [0.25, 0.3) is 5.91 Å². The fourth-order valence-corrected chi connectivity index (χ4v) is 3.19. The Hall–Kier alpha value is -1.89. The maximum Gasteiger partial charge on any atom is 0.272 e. The molecule has 0 aromatic carbocycles. The van der Waals surface area contributed by atoms with Crippen LogP contribution in [0.25, 0.3) is 0 Å². The molecule has 1 N–H and O–H groups in total. The highest BCUT2D eigenvalue weighted by Gasteiger charge is 2.48. The van der Waals surface area contributed by atoms with Crippen molar-refractivity contribution in [1.29, 1.82) is 0 Å². The lowest BCUT2D eigenvalue weighted by Crippen LogP contribution is -2.40. The number of nitrogens with one attached hydrogen (secondary N) is 1. The minimum absolute atomic E-state index is 0.0184. The molecule has 2 aliphatic heterocycles. The summed E-state index contributed by atoms with van der Waals surface area (Å²) in [5.74, 6) is 0.0375. The Morgan fingerprint density at radius 3 is 3.10 bits per heavy atom. The van der Waals surface area contributed by atoms with Crippen LogP contribution in [0.1, 0.15) is 23.3 Å². The first-order valence-corrected chi connectivity index (χ1v) is 6.80. The number of aromatic amines is 1. The second kappa shape index (κ2) is 5.24. The van der Waals surface area contributed by atoms with Crippen molar-refractivity contribution in [3.8, 4) is 0 Å². The average Bonchev–Trinajstić information content (AvgIpc) is 3.12. The van der Waals surface area contributed by atoms with E-state index < -0.39 is 0 Å². The van der Waals surface area contributed by atoms with Crippen LogP contribution in [0.5, 0.6) is 0 Å². The van der Waals surface area contributed by atoms with Crippen LogP contribution in [0, 0.1) is 0 Å². The van der Waals surface area contributed by atoms with Gasteiger partial charge in [0.15, 0.2) is 0 Å². The van der Waals surface area contributed by atoms with E-state index in [9.17, 15) is 9.59 Å². The fraction of sp³-hybridized carbons (Fsp3) is 0.615. The van der Waals surface area contributed by atoms with Crippen LogP contribution >= 0.6 is 0 Å². The third-order valence-electron chi connectivity index (χ3n) is 4.14. The van der Waals surface area contributed by atoms with Crippen molar-refractivity contribution in [3.05, 3.63) is 18.2 Å². The van der Waals surface area contributed by atoms with Crippen molar-refractivity contribution in [2.24, 2.45) is 0 Å². The van der Waals surface area contributed by atoms with Crippen LogP contribution in [-0.4, -0.2) is 70.5 Å². The van der Waals surface area contributed by atoms with Crippen molar-refractivity contribution < 1.29 is 14.3 Å². The SMILES string of the molecule is COCCN1C(=O)C[C@@H]2[C@H]1CCN2C(=O)c1cnc[nH]1. The van der Waals surface area contributed by atoms with Gasteiger partial charge >= 0.3 is 0 Å². The van der Waals surface area contributed by atoms with Crippen LogP contribution in [0.3, 0.4) is 0 Å². The molecule has 7 heteroatoms. The molecule has 0 spiro atoms. The summed E-state index contributed by atoms with van der Waals surface area (Å²) in [6.45, 7) is 1.82. The summed E-state index contributed by atoms with van der Waals surface area (Å²) in [5.41, 5.74) is 0.480. The standard InChI is InChI=1S/C13H18N4O3/c1-20-5-4-16-10-2-3-17(11(10)6-12(16)18)13(19)9-7-14-8-15-9/h7-8,10-11H,2-6H2,1H3,(H,14,15)/t10-,11-/m1/s1. The van der Waals surface area contributed by atoms with E-state index in [0.717, 1.165) is 6.42 Å². The molecule has 108 valence electrons. The number of H-pyrrole nitrogens is 1. The van der Waals surface area contributed by atoms with Crippen LogP contribution in [0.2, 0.25) is 0 Å². The molecule has 0 saturated carbocycles. The predicted octanol–water partition coefficient (Wildman–Crippen LogP) is -0.128. The molecule has 2 fully saturated rings. The molecule has 1 aromatic rings. The number of imidazole rings is 1. The first kappa shape index (κ1) is 13.1. The Morgan fingerprint density at radius 1 is 1.55 bits per heavy atom. The molecule has 2 amide bonds. The van der Waals surface area contributed by atoms with Crippen molar-refractivity contribution >= 4 is 11.8 Å². The van der Waals surface area contributed by atoms with Gasteiger partial charge in [-0.2, -0.15) is 0 Å². The summed E-state index contributed by atoms with van der Waals surface area (Å²) in [4.78, 5) is 34.8. The van der Waals surface area contributed by atoms with Crippen molar-refractivity contribution in [3.63, 3.8) is 0 Å². The maximum atomic E-state index is 12.4. The van der Waals surface area contributed by atoms with E-state index in [1.54, 1.807) is 12.0 Å². The Kier molecular flexibility index (Phi) is 3.43. The number of likely N-dealkylation sites (tertiary alicyclic amines) is 2. The number of aromatic nitrogens is 2. The normalized spacial score (nSPS) is 25.4. The molecule has 20 heavy (non-hydrogen) atoms. The lowest BCUT2D eigenvalue weighted by molar-refractivity contribution is -0.129. The molecule has 0 aliphatic carbocycles. The van der Waals surface area contributed by atoms with Crippen molar-refractivity contribution in [1.82, 2.24) is 19.8 Å². The molecule has 3 heterocycles. The predicted molar refractivity (Wildman–Crippen MR) is 70.0 cm³/mol. The van der Waals surface area contributed by atoms with Gasteiger partial charge < -0.3 is 19.5 Å². The van der Waals surface area contributed by atoms with Gasteiger partial charge in [-0.3, -0.25) is 9.59 Å². The molecule has 7 nitrogen and oxygen atoms in total. The Labute approximate surface area is 116 Å². The summed E-state index contributed by atoms with van der Waals surface area (Å²) < 4.78 is 5.05. The topological polar surface area (TPSA) is 78.5 Å². The van der Waals surface area contributed by atoms with E-state index in [-0.39, 0.29) is 23.9 Å². The van der Waals surface area contributed by atoms with Crippen LogP contribution in [0.15, 0.2) is 12.5 Å². The number of carbonyl (C=O) groups excluding carboxylic acids is 2. The number of rotatable bonds is 4. The van der Waals surface area contributed by atoms with Gasteiger partial charge in [0.1, 0.15) is 5.69 Å². The summed E-state index contributed by atoms with van der Waals surface area (Å²) in [5, 5.41) is 0. The first-order valence-electron chi connectivity index (χ1n) is 6.80. The van der Waals surface area contributed by atoms with Crippen molar-refractivity contribution in [2.45, 2.75) is 24.9 Å². The van der Waals surface area contributed by atoms with Gasteiger partial charge in [0.2, 0.25) is 5.91 Å². The number of amides is 2. The molecular weight excluding hydrogens is 260 g/mol. The molecule has 2 atom stereocenters. The average molecular weight is 278 g/mol. The summed E-state index contributed by atoms with van der Waals surface area (Å²) in [6, 6.07) is 0.111. The number of carbonyl (C=O) groups is 2. The number of hydrogen-bond donors (Lipinski definition) is 1. The zero-order valence-electron chi connectivity index (χ0n) is 11.4. The lowest BCUT2D eigenvalue weighted by atomic mass is 10.1. The highest BCUT2D eigenvalue weighted by atomic mass is 16.5. The minimum Gasteiger partial charge on any atom is -0.383 e. The van der Waals surface area contributed by atoms with E-state index in [1.807, 2.05) is 4.90 Å². The van der Waals surface area contributed by atoms with Gasteiger partial charge in [0, 0.05) is 26.6 Å². The zero-order chi connectivity index (χ0) is 14.1. The molecule has 2 aliphatic rings. The number of fused-ring (bicyclic) bond motifs is 1. The van der Waals surface area contributed by atoms with E-state index in [2.05, 4.69) is 9.97 Å². The highest BCUT2D eigenvalue weighted by Crippen LogP contribution is 2.32. The minimum atomic E-state index is -0.0728. The molecular formula is C13H18N4O3. The summed E-state index contributed by atoms with van der Waals surface area (Å²) in [6.07, 6.45) is 4.26. The Bertz CT molecular complexity index is 502. The lowest BCUT2D eigenvalue weighted by Gasteiger charge is -2.24. The molecule has 2 saturated heterocycles. The number of ether oxygens (including phenoxy) is 1. The quantitative estimate of drug-likeness (QED) is 0.832. The van der Waals surface area contributed by atoms with Gasteiger partial charge in [-0.05, 0) is 6.42 Å². The summed E-state index contributed by atoms with van der Waals surface area (Å²) in [7, 11) is 1.63. The van der Waals surface area contributed by atoms with Gasteiger partial charge in [-0.15, -0.1) is 0 Å². The molecule has 3 rings (SSSR count). The second-order valence-electron chi connectivity index (χ2n) is 5.17. The number of hydrogen-bond acceptors (Lipinski definition) is 4. The zero-order valence-corrected chi connectivity index (χ0v) is 11.4. The second-order valence-corrected chi connectivity index (χ2v) is 5.17. The van der Waals surface area contributed by atoms with E-state index >= 15 is 0 Å². The van der Waals surface area contributed by atoms with E-state index in [1.165, 1.54) is 12.5 Å². The Balaban J connectivity index is 1.73. The molecule has 0 radical (unpaired) electrons. The van der Waals surface area contributed by atoms with Crippen LogP contribution < -0.4 is 0 Å². The van der Waals surface area contributed by atoms with Gasteiger partial charge in [-0.25, -0.2) is 4.98 Å². The van der Waals surface area contributed by atoms with Gasteiger partial charge in [-0.1, -0.05) is 0 Å². The van der Waals surface area contributed by atoms with Crippen molar-refractivity contribution in [2.75, 3.05) is 26.8 Å². The summed E-state index contributed by atoms with van der Waals surface area (Å²) >= 11 is 0. The monoisotopic (exact) mass is 278 g/mol. The van der Waals surface area contributed by atoms with Gasteiger partial charge in [0.05, 0.1) is 31.2 Å². The van der Waals surface area contributed by atoms with E-state index in [4.69, 9.17) is 4.74 Å². The number of nitrogens with zero attached hydrogens (tertiary/aromatic N) is 3. The smallest absolute Gasteiger partial charge is 0.272 e. The maximum absolute atomic E-state index is 12.4. The van der Waals surface area contributed by atoms with Crippen LogP contribution in [0.4, 0.5) is 0 Å². The first-order chi connectivity index (χ1) is 9.72. The van der Waals surface area contributed by atoms with E-state index in [0.29, 0.717) is 31.8 Å². The molecule has 1 aromatic heterocycles.